The summed E-state index contributed by atoms with van der Waals surface area (Å²) in [5.41, 5.74) is 1.19. The van der Waals surface area contributed by atoms with Gasteiger partial charge < -0.3 is 15.1 Å². The number of phenolic OH excluding ortho intramolecular Hbond substituents is 1. The molecule has 0 aliphatic heterocycles. The third-order valence-corrected chi connectivity index (χ3v) is 3.31. The molecule has 0 heterocycles. The summed E-state index contributed by atoms with van der Waals surface area (Å²) in [5, 5.41) is 17.9. The lowest BCUT2D eigenvalue weighted by Gasteiger charge is -2.24. The van der Waals surface area contributed by atoms with Crippen molar-refractivity contribution in [2.45, 2.75) is 32.6 Å². The molecule has 2 N–H and O–H groups in total. The molecule has 0 aliphatic carbocycles. The molecule has 4 nitrogen and oxygen atoms in total. The van der Waals surface area contributed by atoms with Gasteiger partial charge in [-0.05, 0) is 43.1 Å². The van der Waals surface area contributed by atoms with E-state index in [1.165, 1.54) is 5.56 Å². The number of carboxylic acid groups (broad SMARTS) is 1. The molecule has 0 amide bonds. The maximum Gasteiger partial charge on any atom is 0.303 e. The van der Waals surface area contributed by atoms with Crippen molar-refractivity contribution in [2.24, 2.45) is 0 Å². The van der Waals surface area contributed by atoms with Crippen LogP contribution in [0.3, 0.4) is 0 Å². The van der Waals surface area contributed by atoms with Gasteiger partial charge in [0.2, 0.25) is 0 Å². The van der Waals surface area contributed by atoms with Crippen molar-refractivity contribution in [2.75, 3.05) is 19.6 Å². The van der Waals surface area contributed by atoms with E-state index in [9.17, 15) is 9.90 Å². The van der Waals surface area contributed by atoms with E-state index < -0.39 is 5.97 Å². The van der Waals surface area contributed by atoms with Crippen LogP contribution in [-0.2, 0) is 4.79 Å². The molecule has 106 valence electrons. The second-order valence-electron chi connectivity index (χ2n) is 4.88. The van der Waals surface area contributed by atoms with Crippen LogP contribution in [0.15, 0.2) is 24.3 Å². The number of benzene rings is 1. The van der Waals surface area contributed by atoms with Gasteiger partial charge in [0, 0.05) is 13.0 Å². The monoisotopic (exact) mass is 265 g/mol. The molecular formula is C15H23NO3. The van der Waals surface area contributed by atoms with Gasteiger partial charge in [0.25, 0.3) is 0 Å². The van der Waals surface area contributed by atoms with Gasteiger partial charge in [-0.2, -0.15) is 0 Å². The number of hydrogen-bond donors (Lipinski definition) is 2. The Morgan fingerprint density at radius 3 is 2.47 bits per heavy atom. The van der Waals surface area contributed by atoms with E-state index in [-0.39, 0.29) is 12.2 Å². The van der Waals surface area contributed by atoms with Crippen molar-refractivity contribution in [1.29, 1.82) is 0 Å². The molecular weight excluding hydrogens is 242 g/mol. The third-order valence-electron chi connectivity index (χ3n) is 3.31. The molecule has 0 spiro atoms. The molecule has 0 saturated carbocycles. The number of aromatic hydroxyl groups is 1. The van der Waals surface area contributed by atoms with E-state index in [0.717, 1.165) is 19.6 Å². The van der Waals surface area contributed by atoms with Gasteiger partial charge in [0.15, 0.2) is 0 Å². The fraction of sp³-hybridized carbons (Fsp3) is 0.533. The van der Waals surface area contributed by atoms with Crippen molar-refractivity contribution >= 4 is 5.97 Å². The number of hydrogen-bond acceptors (Lipinski definition) is 3. The third kappa shape index (κ3) is 5.75. The van der Waals surface area contributed by atoms with Gasteiger partial charge in [0.05, 0.1) is 0 Å². The highest BCUT2D eigenvalue weighted by Crippen LogP contribution is 2.19. The van der Waals surface area contributed by atoms with E-state index >= 15 is 0 Å². The first-order valence-corrected chi connectivity index (χ1v) is 6.76. The Labute approximate surface area is 114 Å². The lowest BCUT2D eigenvalue weighted by Crippen LogP contribution is -2.29. The fourth-order valence-electron chi connectivity index (χ4n) is 2.13. The molecule has 1 rings (SSSR count). The summed E-state index contributed by atoms with van der Waals surface area (Å²) in [6.45, 7) is 6.87. The van der Waals surface area contributed by atoms with Crippen LogP contribution in [0, 0.1) is 0 Å². The molecule has 1 aromatic carbocycles. The summed E-state index contributed by atoms with van der Waals surface area (Å²) in [5.74, 6) is -0.0854. The molecule has 0 aliphatic rings. The number of phenols is 1. The molecule has 0 radical (unpaired) electrons. The second-order valence-corrected chi connectivity index (χ2v) is 4.88. The second kappa shape index (κ2) is 7.79. The predicted octanol–water partition coefficient (Wildman–Crippen LogP) is 2.68. The Morgan fingerprint density at radius 2 is 1.95 bits per heavy atom. The van der Waals surface area contributed by atoms with E-state index in [1.807, 2.05) is 12.1 Å². The van der Waals surface area contributed by atoms with Gasteiger partial charge in [-0.1, -0.05) is 26.0 Å². The summed E-state index contributed by atoms with van der Waals surface area (Å²) in [7, 11) is 0. The molecule has 0 aromatic heterocycles. The zero-order valence-corrected chi connectivity index (χ0v) is 11.7. The molecule has 0 bridgehead atoms. The largest absolute Gasteiger partial charge is 0.508 e. The van der Waals surface area contributed by atoms with Crippen molar-refractivity contribution in [1.82, 2.24) is 4.90 Å². The van der Waals surface area contributed by atoms with E-state index in [0.29, 0.717) is 12.3 Å². The molecule has 1 atom stereocenters. The van der Waals surface area contributed by atoms with Crippen LogP contribution in [0.1, 0.15) is 38.2 Å². The number of carboxylic acids is 1. The molecule has 0 fully saturated rings. The number of rotatable bonds is 8. The number of carbonyl (C=O) groups is 1. The first-order valence-electron chi connectivity index (χ1n) is 6.76. The van der Waals surface area contributed by atoms with Gasteiger partial charge >= 0.3 is 5.97 Å². The SMILES string of the molecule is CCN(CCCC(=O)O)C[C@H](C)c1ccc(O)cc1. The number of likely N-dealkylation sites (N-methyl/N-ethyl adjacent to an activating group) is 1. The number of aliphatic carboxylic acids is 1. The van der Waals surface area contributed by atoms with Crippen LogP contribution in [0.5, 0.6) is 5.75 Å². The van der Waals surface area contributed by atoms with Crippen LogP contribution in [0.4, 0.5) is 0 Å². The maximum atomic E-state index is 10.5. The zero-order chi connectivity index (χ0) is 14.3. The minimum Gasteiger partial charge on any atom is -0.508 e. The lowest BCUT2D eigenvalue weighted by molar-refractivity contribution is -0.137. The Morgan fingerprint density at radius 1 is 1.32 bits per heavy atom. The summed E-state index contributed by atoms with van der Waals surface area (Å²) in [4.78, 5) is 12.8. The van der Waals surface area contributed by atoms with Crippen LogP contribution < -0.4 is 0 Å². The van der Waals surface area contributed by atoms with Gasteiger partial charge in [-0.25, -0.2) is 0 Å². The number of nitrogens with zero attached hydrogens (tertiary/aromatic N) is 1. The van der Waals surface area contributed by atoms with Crippen LogP contribution in [0.25, 0.3) is 0 Å². The quantitative estimate of drug-likeness (QED) is 0.758. The summed E-state index contributed by atoms with van der Waals surface area (Å²) in [6.07, 6.45) is 0.912. The highest BCUT2D eigenvalue weighted by atomic mass is 16.4. The van der Waals surface area contributed by atoms with Gasteiger partial charge in [-0.15, -0.1) is 0 Å². The maximum absolute atomic E-state index is 10.5. The Balaban J connectivity index is 2.45. The zero-order valence-electron chi connectivity index (χ0n) is 11.7. The van der Waals surface area contributed by atoms with Gasteiger partial charge in [0.1, 0.15) is 5.75 Å². The van der Waals surface area contributed by atoms with E-state index in [4.69, 9.17) is 5.11 Å². The Bertz CT molecular complexity index is 389. The van der Waals surface area contributed by atoms with Crippen LogP contribution in [0.2, 0.25) is 0 Å². The van der Waals surface area contributed by atoms with Crippen molar-refractivity contribution in [3.63, 3.8) is 0 Å². The predicted molar refractivity (Wildman–Crippen MR) is 75.5 cm³/mol. The van der Waals surface area contributed by atoms with E-state index in [2.05, 4.69) is 18.7 Å². The highest BCUT2D eigenvalue weighted by molar-refractivity contribution is 5.66. The minimum absolute atomic E-state index is 0.226. The first kappa shape index (κ1) is 15.5. The average molecular weight is 265 g/mol. The van der Waals surface area contributed by atoms with Crippen molar-refractivity contribution < 1.29 is 15.0 Å². The normalized spacial score (nSPS) is 12.6. The topological polar surface area (TPSA) is 60.8 Å². The summed E-state index contributed by atoms with van der Waals surface area (Å²) in [6, 6.07) is 7.27. The van der Waals surface area contributed by atoms with Crippen molar-refractivity contribution in [3.05, 3.63) is 29.8 Å². The lowest BCUT2D eigenvalue weighted by atomic mass is 10.0. The average Bonchev–Trinajstić information content (AvgIpc) is 2.37. The van der Waals surface area contributed by atoms with Crippen LogP contribution in [-0.4, -0.2) is 40.7 Å². The smallest absolute Gasteiger partial charge is 0.303 e. The molecule has 0 saturated heterocycles. The highest BCUT2D eigenvalue weighted by Gasteiger charge is 2.11. The molecule has 0 unspecified atom stereocenters. The summed E-state index contributed by atoms with van der Waals surface area (Å²) >= 11 is 0. The van der Waals surface area contributed by atoms with Gasteiger partial charge in [-0.3, -0.25) is 4.79 Å². The molecule has 19 heavy (non-hydrogen) atoms. The first-order chi connectivity index (χ1) is 9.02. The standard InChI is InChI=1S/C15H23NO3/c1-3-16(10-4-5-15(18)19)11-12(2)13-6-8-14(17)9-7-13/h6-9,12,17H,3-5,10-11H2,1-2H3,(H,18,19)/t12-/m0/s1. The molecule has 4 heteroatoms. The van der Waals surface area contributed by atoms with Crippen LogP contribution >= 0.6 is 0 Å². The summed E-state index contributed by atoms with van der Waals surface area (Å²) < 4.78 is 0. The van der Waals surface area contributed by atoms with E-state index in [1.54, 1.807) is 12.1 Å². The Kier molecular flexibility index (Phi) is 6.36. The molecule has 1 aromatic rings. The Hall–Kier alpha value is -1.55. The fourth-order valence-corrected chi connectivity index (χ4v) is 2.13. The van der Waals surface area contributed by atoms with Crippen molar-refractivity contribution in [3.8, 4) is 5.75 Å². The minimum atomic E-state index is -0.734.